The molecule has 0 saturated carbocycles. The number of hydrogen-bond acceptors (Lipinski definition) is 4. The molecule has 0 aliphatic carbocycles. The number of aryl methyl sites for hydroxylation is 2. The van der Waals surface area contributed by atoms with Gasteiger partial charge in [-0.05, 0) is 18.9 Å². The van der Waals surface area contributed by atoms with E-state index >= 15 is 0 Å². The molecule has 1 aliphatic heterocycles. The highest BCUT2D eigenvalue weighted by atomic mass is 15.3. The molecule has 6 heteroatoms. The maximum atomic E-state index is 4.47. The average molecular weight is 322 g/mol. The number of hydrogen-bond donors (Lipinski definition) is 1. The molecule has 0 amide bonds. The Bertz CT molecular complexity index is 804. The second-order valence-electron chi connectivity index (χ2n) is 6.42. The minimum Gasteiger partial charge on any atom is -0.314 e. The zero-order valence-electron chi connectivity index (χ0n) is 13.9. The van der Waals surface area contributed by atoms with E-state index in [-0.39, 0.29) is 0 Å². The Morgan fingerprint density at radius 2 is 2.04 bits per heavy atom. The van der Waals surface area contributed by atoms with Crippen molar-refractivity contribution >= 4 is 0 Å². The Hall–Kier alpha value is -2.47. The summed E-state index contributed by atoms with van der Waals surface area (Å²) in [5.74, 6) is 2.12. The second kappa shape index (κ2) is 6.57. The van der Waals surface area contributed by atoms with Gasteiger partial charge in [0, 0.05) is 37.3 Å². The van der Waals surface area contributed by atoms with E-state index < -0.39 is 0 Å². The first-order chi connectivity index (χ1) is 11.8. The van der Waals surface area contributed by atoms with Crippen LogP contribution < -0.4 is 5.32 Å². The minimum absolute atomic E-state index is 0.463. The van der Waals surface area contributed by atoms with Gasteiger partial charge in [-0.1, -0.05) is 30.3 Å². The van der Waals surface area contributed by atoms with E-state index in [1.807, 2.05) is 23.9 Å². The van der Waals surface area contributed by atoms with Gasteiger partial charge in [0.25, 0.3) is 0 Å². The summed E-state index contributed by atoms with van der Waals surface area (Å²) in [5, 5.41) is 16.5. The fourth-order valence-corrected chi connectivity index (χ4v) is 3.25. The third-order valence-corrected chi connectivity index (χ3v) is 4.60. The van der Waals surface area contributed by atoms with Crippen LogP contribution in [0, 0.1) is 6.92 Å². The first kappa shape index (κ1) is 15.1. The number of nitrogens with one attached hydrogen (secondary N) is 1. The Kier molecular flexibility index (Phi) is 4.13. The highest BCUT2D eigenvalue weighted by Crippen LogP contribution is 2.15. The van der Waals surface area contributed by atoms with Gasteiger partial charge in [-0.3, -0.25) is 4.68 Å². The molecule has 6 nitrogen and oxygen atoms in total. The van der Waals surface area contributed by atoms with Crippen molar-refractivity contribution in [3.05, 3.63) is 65.5 Å². The topological polar surface area (TPSA) is 60.6 Å². The van der Waals surface area contributed by atoms with Gasteiger partial charge in [0.15, 0.2) is 0 Å². The molecule has 1 aromatic carbocycles. The lowest BCUT2D eigenvalue weighted by molar-refractivity contribution is 0.375. The zero-order chi connectivity index (χ0) is 16.4. The number of rotatable bonds is 5. The standard InChI is InChI=1S/C18H22N6/c1-14-21-22-18-8-7-17(13-24(14)18)19-9-16-10-20-23(12-16)11-15-5-3-2-4-6-15/h2-6,10,12,17,19H,7-9,11,13H2,1H3/t17-/m1/s1. The van der Waals surface area contributed by atoms with Gasteiger partial charge in [0.1, 0.15) is 11.6 Å². The number of nitrogens with zero attached hydrogens (tertiary/aromatic N) is 5. The van der Waals surface area contributed by atoms with E-state index in [1.54, 1.807) is 0 Å². The van der Waals surface area contributed by atoms with Crippen molar-refractivity contribution in [2.24, 2.45) is 0 Å². The predicted octanol–water partition coefficient (Wildman–Crippen LogP) is 1.94. The number of benzene rings is 1. The summed E-state index contributed by atoms with van der Waals surface area (Å²) in [6.45, 7) is 4.63. The lowest BCUT2D eigenvalue weighted by atomic mass is 10.1. The van der Waals surface area contributed by atoms with E-state index in [0.717, 1.165) is 44.1 Å². The van der Waals surface area contributed by atoms with Gasteiger partial charge in [-0.25, -0.2) is 0 Å². The van der Waals surface area contributed by atoms with Crippen molar-refractivity contribution in [2.45, 2.75) is 45.4 Å². The van der Waals surface area contributed by atoms with Crippen LogP contribution in [0.3, 0.4) is 0 Å². The van der Waals surface area contributed by atoms with Crippen molar-refractivity contribution < 1.29 is 0 Å². The van der Waals surface area contributed by atoms with Crippen molar-refractivity contribution in [1.82, 2.24) is 29.9 Å². The van der Waals surface area contributed by atoms with Crippen molar-refractivity contribution in [3.8, 4) is 0 Å². The average Bonchev–Trinajstić information content (AvgIpc) is 3.21. The van der Waals surface area contributed by atoms with Crippen molar-refractivity contribution in [1.29, 1.82) is 0 Å². The normalized spacial score (nSPS) is 17.0. The molecule has 0 unspecified atom stereocenters. The van der Waals surface area contributed by atoms with E-state index in [1.165, 1.54) is 11.1 Å². The van der Waals surface area contributed by atoms with Crippen LogP contribution in [0.1, 0.15) is 29.2 Å². The highest BCUT2D eigenvalue weighted by Gasteiger charge is 2.21. The molecule has 0 bridgehead atoms. The minimum atomic E-state index is 0.463. The lowest BCUT2D eigenvalue weighted by Crippen LogP contribution is -2.37. The maximum Gasteiger partial charge on any atom is 0.133 e. The molecule has 3 aromatic rings. The first-order valence-corrected chi connectivity index (χ1v) is 8.45. The number of fused-ring (bicyclic) bond motifs is 1. The van der Waals surface area contributed by atoms with E-state index in [4.69, 9.17) is 0 Å². The molecule has 0 fully saturated rings. The Morgan fingerprint density at radius 1 is 1.17 bits per heavy atom. The molecule has 1 atom stereocenters. The summed E-state index contributed by atoms with van der Waals surface area (Å²) in [4.78, 5) is 0. The van der Waals surface area contributed by atoms with Crippen LogP contribution in [0.5, 0.6) is 0 Å². The molecule has 0 saturated heterocycles. The maximum absolute atomic E-state index is 4.47. The third-order valence-electron chi connectivity index (χ3n) is 4.60. The molecule has 2 aromatic heterocycles. The molecular formula is C18H22N6. The van der Waals surface area contributed by atoms with Gasteiger partial charge < -0.3 is 9.88 Å². The van der Waals surface area contributed by atoms with E-state index in [2.05, 4.69) is 55.6 Å². The Morgan fingerprint density at radius 3 is 2.92 bits per heavy atom. The zero-order valence-corrected chi connectivity index (χ0v) is 13.9. The second-order valence-corrected chi connectivity index (χ2v) is 6.42. The molecule has 1 aliphatic rings. The summed E-state index contributed by atoms with van der Waals surface area (Å²) < 4.78 is 4.22. The van der Waals surface area contributed by atoms with Gasteiger partial charge in [0.2, 0.25) is 0 Å². The quantitative estimate of drug-likeness (QED) is 0.780. The SMILES string of the molecule is Cc1nnc2n1C[C@H](NCc1cnn(Cc3ccccc3)c1)CC2. The van der Waals surface area contributed by atoms with Gasteiger partial charge in [-0.15, -0.1) is 10.2 Å². The summed E-state index contributed by atoms with van der Waals surface area (Å²) in [5.41, 5.74) is 2.49. The van der Waals surface area contributed by atoms with Crippen LogP contribution in [-0.4, -0.2) is 30.6 Å². The largest absolute Gasteiger partial charge is 0.314 e. The Balaban J connectivity index is 1.33. The fraction of sp³-hybridized carbons (Fsp3) is 0.389. The molecule has 3 heterocycles. The molecule has 124 valence electrons. The fourth-order valence-electron chi connectivity index (χ4n) is 3.25. The molecule has 1 N–H and O–H groups in total. The first-order valence-electron chi connectivity index (χ1n) is 8.45. The van der Waals surface area contributed by atoms with Crippen LogP contribution in [0.2, 0.25) is 0 Å². The molecule has 0 spiro atoms. The van der Waals surface area contributed by atoms with Gasteiger partial charge in [-0.2, -0.15) is 5.10 Å². The van der Waals surface area contributed by atoms with Gasteiger partial charge >= 0.3 is 0 Å². The molecule has 0 radical (unpaired) electrons. The summed E-state index contributed by atoms with van der Waals surface area (Å²) in [6.07, 6.45) is 6.18. The van der Waals surface area contributed by atoms with Gasteiger partial charge in [0.05, 0.1) is 12.7 Å². The van der Waals surface area contributed by atoms with Crippen LogP contribution in [-0.2, 0) is 26.1 Å². The summed E-state index contributed by atoms with van der Waals surface area (Å²) in [6, 6.07) is 10.9. The van der Waals surface area contributed by atoms with Crippen LogP contribution in [0.4, 0.5) is 0 Å². The molecular weight excluding hydrogens is 300 g/mol. The smallest absolute Gasteiger partial charge is 0.133 e. The summed E-state index contributed by atoms with van der Waals surface area (Å²) >= 11 is 0. The van der Waals surface area contributed by atoms with E-state index in [0.29, 0.717) is 6.04 Å². The van der Waals surface area contributed by atoms with Crippen LogP contribution in [0.25, 0.3) is 0 Å². The molecule has 4 rings (SSSR count). The van der Waals surface area contributed by atoms with E-state index in [9.17, 15) is 0 Å². The highest BCUT2D eigenvalue weighted by molar-refractivity contribution is 5.15. The van der Waals surface area contributed by atoms with Crippen molar-refractivity contribution in [2.75, 3.05) is 0 Å². The van der Waals surface area contributed by atoms with Crippen molar-refractivity contribution in [3.63, 3.8) is 0 Å². The number of aromatic nitrogens is 5. The Labute approximate surface area is 141 Å². The molecule has 24 heavy (non-hydrogen) atoms. The van der Waals surface area contributed by atoms with Crippen LogP contribution in [0.15, 0.2) is 42.7 Å². The summed E-state index contributed by atoms with van der Waals surface area (Å²) in [7, 11) is 0. The van der Waals surface area contributed by atoms with Crippen LogP contribution >= 0.6 is 0 Å². The third kappa shape index (κ3) is 3.23. The monoisotopic (exact) mass is 322 g/mol. The lowest BCUT2D eigenvalue weighted by Gasteiger charge is -2.24. The predicted molar refractivity (Wildman–Crippen MR) is 91.5 cm³/mol.